The average molecular weight is 884 g/mol. The molecule has 63 heavy (non-hydrogen) atoms. The Morgan fingerprint density at radius 3 is 2.33 bits per heavy atom. The quantitative estimate of drug-likeness (QED) is 0.236. The van der Waals surface area contributed by atoms with E-state index in [1.54, 1.807) is 20.1 Å². The Balaban J connectivity index is 1.24. The van der Waals surface area contributed by atoms with Crippen LogP contribution in [0.5, 0.6) is 0 Å². The molecule has 0 aromatic carbocycles. The van der Waals surface area contributed by atoms with Gasteiger partial charge in [-0.05, 0) is 84.2 Å². The molecule has 0 saturated carbocycles. The lowest BCUT2D eigenvalue weighted by Gasteiger charge is -2.55. The summed E-state index contributed by atoms with van der Waals surface area (Å²) in [6.07, 6.45) is 13.4. The monoisotopic (exact) mass is 884 g/mol. The number of hydrogen-bond acceptors (Lipinski definition) is 12. The van der Waals surface area contributed by atoms with Gasteiger partial charge in [-0.25, -0.2) is 0 Å². The molecular formula is C51H81NO11. The van der Waals surface area contributed by atoms with Gasteiger partial charge in [-0.3, -0.25) is 4.90 Å². The molecule has 12 nitrogen and oxygen atoms in total. The first-order valence-electron chi connectivity index (χ1n) is 24.0. The molecule has 12 heteroatoms. The van der Waals surface area contributed by atoms with Crippen LogP contribution in [0.4, 0.5) is 0 Å². The Hall–Kier alpha value is -1.78. The number of likely N-dealkylation sites (N-methyl/N-ethyl adjacent to an activating group) is 1. The molecule has 0 aromatic rings. The van der Waals surface area contributed by atoms with Crippen LogP contribution >= 0.6 is 0 Å². The first-order valence-corrected chi connectivity index (χ1v) is 24.0. The van der Waals surface area contributed by atoms with Crippen molar-refractivity contribution in [3.63, 3.8) is 0 Å². The highest BCUT2D eigenvalue weighted by molar-refractivity contribution is 5.38. The molecule has 6 heterocycles. The molecule has 6 aliphatic heterocycles. The van der Waals surface area contributed by atoms with Gasteiger partial charge in [0.05, 0.1) is 73.0 Å². The zero-order valence-electron chi connectivity index (χ0n) is 40.4. The van der Waals surface area contributed by atoms with Crippen molar-refractivity contribution in [2.24, 2.45) is 35.5 Å². The summed E-state index contributed by atoms with van der Waals surface area (Å²) in [4.78, 5) is 2.22. The van der Waals surface area contributed by atoms with Gasteiger partial charge in [0, 0.05) is 57.7 Å². The zero-order valence-corrected chi connectivity index (χ0v) is 40.4. The maximum Gasteiger partial charge on any atom is 0.190 e. The summed E-state index contributed by atoms with van der Waals surface area (Å²) in [6.45, 7) is 19.5. The number of nitrogens with zero attached hydrogens (tertiary/aromatic N) is 1. The van der Waals surface area contributed by atoms with Crippen LogP contribution in [0.1, 0.15) is 101 Å². The second-order valence-electron chi connectivity index (χ2n) is 20.8. The van der Waals surface area contributed by atoms with Gasteiger partial charge < -0.3 is 53.2 Å². The van der Waals surface area contributed by atoms with Gasteiger partial charge in [-0.1, -0.05) is 76.1 Å². The highest BCUT2D eigenvalue weighted by Gasteiger charge is 2.60. The number of allylic oxidation sites excluding steroid dienone is 3. The van der Waals surface area contributed by atoms with Crippen molar-refractivity contribution in [1.29, 1.82) is 0 Å². The average Bonchev–Trinajstić information content (AvgIpc) is 3.58. The molecule has 356 valence electrons. The van der Waals surface area contributed by atoms with Gasteiger partial charge in [-0.15, -0.1) is 0 Å². The molecule has 2 bridgehead atoms. The fraction of sp³-hybridized carbons (Fsp3) is 0.804. The predicted molar refractivity (Wildman–Crippen MR) is 242 cm³/mol. The van der Waals surface area contributed by atoms with Gasteiger partial charge in [0.2, 0.25) is 0 Å². The Morgan fingerprint density at radius 2 is 1.65 bits per heavy atom. The van der Waals surface area contributed by atoms with Crippen LogP contribution in [0, 0.1) is 35.5 Å². The van der Waals surface area contributed by atoms with Crippen LogP contribution in [-0.2, 0) is 37.9 Å². The van der Waals surface area contributed by atoms with Crippen LogP contribution in [0.2, 0.25) is 0 Å². The first kappa shape index (κ1) is 49.1. The third-order valence-electron chi connectivity index (χ3n) is 16.8. The third-order valence-corrected chi connectivity index (χ3v) is 16.8. The predicted octanol–water partition coefficient (Wildman–Crippen LogP) is 6.68. The van der Waals surface area contributed by atoms with Crippen molar-refractivity contribution in [2.45, 2.75) is 191 Å². The number of ether oxygens (including phenoxy) is 8. The first-order chi connectivity index (χ1) is 29.8. The highest BCUT2D eigenvalue weighted by Crippen LogP contribution is 2.49. The van der Waals surface area contributed by atoms with Crippen molar-refractivity contribution in [3.8, 4) is 0 Å². The molecule has 7 rings (SSSR count). The Labute approximate surface area is 378 Å². The Morgan fingerprint density at radius 1 is 0.905 bits per heavy atom. The van der Waals surface area contributed by atoms with Gasteiger partial charge >= 0.3 is 0 Å². The summed E-state index contributed by atoms with van der Waals surface area (Å²) in [7, 11) is 7.79. The summed E-state index contributed by atoms with van der Waals surface area (Å²) >= 11 is 0. The van der Waals surface area contributed by atoms with E-state index in [1.807, 2.05) is 19.3 Å². The minimum Gasteiger partial charge on any atom is -0.386 e. The molecule has 5 unspecified atom stereocenters. The normalized spacial score (nSPS) is 51.1. The Bertz CT molecular complexity index is 1750. The van der Waals surface area contributed by atoms with E-state index >= 15 is 0 Å². The van der Waals surface area contributed by atoms with Crippen molar-refractivity contribution < 1.29 is 53.2 Å². The largest absolute Gasteiger partial charge is 0.386 e. The van der Waals surface area contributed by atoms with Gasteiger partial charge in [0.25, 0.3) is 0 Å². The van der Waals surface area contributed by atoms with Gasteiger partial charge in [0.15, 0.2) is 12.1 Å². The SMILES string of the molecule is CCC(C)[C@H]1O[C@]2(C=C[C@@H]1C)CC1C[C@@H](C/C=C(\C)[C@@H](C3C[C@H](OC)[C@@H](C4C[C@H](OC)[C@@](C)(N(C)C)[C@H](C)O4)[C@H](C)O3)[C@@H](C)/C=C/C=C3\CO[C@@H]4[C@H](O)C(C)=C[C@@H](C(O)O1)[C@]34O)O2. The van der Waals surface area contributed by atoms with Crippen LogP contribution < -0.4 is 0 Å². The Kier molecular flexibility index (Phi) is 15.2. The maximum atomic E-state index is 12.7. The second-order valence-corrected chi connectivity index (χ2v) is 20.8. The van der Waals surface area contributed by atoms with Crippen molar-refractivity contribution in [3.05, 3.63) is 59.3 Å². The molecule has 0 amide bonds. The third kappa shape index (κ3) is 9.17. The van der Waals surface area contributed by atoms with Crippen molar-refractivity contribution >= 4 is 0 Å². The molecule has 0 radical (unpaired) electrons. The van der Waals surface area contributed by atoms with Crippen molar-refractivity contribution in [2.75, 3.05) is 34.9 Å². The molecule has 3 N–H and O–H groups in total. The fourth-order valence-electron chi connectivity index (χ4n) is 12.5. The maximum absolute atomic E-state index is 12.7. The van der Waals surface area contributed by atoms with E-state index in [0.717, 1.165) is 12.8 Å². The molecule has 1 spiro atoms. The molecular weight excluding hydrogens is 803 g/mol. The second kappa shape index (κ2) is 19.4. The standard InChI is InChI=1S/C51H81NO11/c1-14-28(2)46-31(5)20-21-50(63-46)26-37-23-36(62-50)19-18-30(4)43(29(3)16-15-17-35-27-58-47-45(53)32(6)22-38(48(54)61-37)51(35,47)55)40-24-39(56-12)44(33(7)59-40)41-25-42(57-13)49(9,52(10)11)34(8)60-41/h15-18,20-22,28-29,31,33-34,36-48,53-55H,14,19,23-27H2,1-13H3/b16-15+,30-18+,35-17+/t28?,29-,31-,33-,34-,36+,37?,38-,39-,40?,41?,42-,43-,44-,45+,46+,47+,48?,49-,50+,51+/m0/s1. The summed E-state index contributed by atoms with van der Waals surface area (Å²) in [5, 5.41) is 36.0. The van der Waals surface area contributed by atoms with E-state index in [1.165, 1.54) is 5.57 Å². The van der Waals surface area contributed by atoms with Crippen LogP contribution in [0.25, 0.3) is 0 Å². The van der Waals surface area contributed by atoms with Crippen LogP contribution in [0.15, 0.2) is 59.3 Å². The van der Waals surface area contributed by atoms with Gasteiger partial charge in [-0.2, -0.15) is 0 Å². The van der Waals surface area contributed by atoms with Gasteiger partial charge in [0.1, 0.15) is 17.8 Å². The number of fused-ring (bicyclic) bond motifs is 2. The zero-order chi connectivity index (χ0) is 45.8. The summed E-state index contributed by atoms with van der Waals surface area (Å²) in [5.41, 5.74) is 0.407. The van der Waals surface area contributed by atoms with E-state index in [-0.39, 0.29) is 84.6 Å². The molecule has 1 aliphatic carbocycles. The minimum atomic E-state index is -1.70. The smallest absolute Gasteiger partial charge is 0.190 e. The lowest BCUT2D eigenvalue weighted by atomic mass is 9.70. The number of aliphatic hydroxyl groups is 3. The molecule has 21 atom stereocenters. The lowest BCUT2D eigenvalue weighted by Crippen LogP contribution is -2.66. The van der Waals surface area contributed by atoms with Crippen molar-refractivity contribution in [1.82, 2.24) is 4.90 Å². The lowest BCUT2D eigenvalue weighted by molar-refractivity contribution is -0.315. The molecule has 7 aliphatic rings. The minimum absolute atomic E-state index is 0.00119. The van der Waals surface area contributed by atoms with E-state index in [4.69, 9.17) is 37.9 Å². The summed E-state index contributed by atoms with van der Waals surface area (Å²) in [6, 6.07) is 0. The summed E-state index contributed by atoms with van der Waals surface area (Å²) in [5.74, 6) is -1.43. The van der Waals surface area contributed by atoms with E-state index in [9.17, 15) is 15.3 Å². The fourth-order valence-corrected chi connectivity index (χ4v) is 12.5. The molecule has 4 saturated heterocycles. The highest BCUT2D eigenvalue weighted by atomic mass is 16.7. The van der Waals surface area contributed by atoms with E-state index in [0.29, 0.717) is 42.7 Å². The van der Waals surface area contributed by atoms with Crippen LogP contribution in [0.3, 0.4) is 0 Å². The number of aliphatic hydroxyl groups excluding tert-OH is 2. The van der Waals surface area contributed by atoms with Crippen LogP contribution in [-0.4, -0.2) is 146 Å². The number of methoxy groups -OCH3 is 2. The molecule has 0 aromatic heterocycles. The number of rotatable bonds is 7. The summed E-state index contributed by atoms with van der Waals surface area (Å²) < 4.78 is 53.4. The van der Waals surface area contributed by atoms with E-state index in [2.05, 4.69) is 98.7 Å². The molecule has 4 fully saturated rings. The number of hydrogen-bond donors (Lipinski definition) is 3. The van der Waals surface area contributed by atoms with E-state index < -0.39 is 41.9 Å². The topological polar surface area (TPSA) is 138 Å².